The van der Waals surface area contributed by atoms with Gasteiger partial charge in [-0.2, -0.15) is 10.2 Å². The zero-order valence-corrected chi connectivity index (χ0v) is 14.0. The van der Waals surface area contributed by atoms with Gasteiger partial charge in [-0.1, -0.05) is 6.92 Å². The molecule has 0 saturated carbocycles. The lowest BCUT2D eigenvalue weighted by Gasteiger charge is -2.06. The van der Waals surface area contributed by atoms with Crippen LogP contribution in [0.1, 0.15) is 35.5 Å². The molecule has 8 nitrogen and oxygen atoms in total. The molecule has 0 atom stereocenters. The van der Waals surface area contributed by atoms with Crippen LogP contribution in [-0.2, 0) is 24.8 Å². The molecule has 0 unspecified atom stereocenters. The minimum atomic E-state index is -0.409. The van der Waals surface area contributed by atoms with Crippen LogP contribution in [0, 0.1) is 0 Å². The fraction of sp³-hybridized carbons (Fsp3) is 0.375. The Kier molecular flexibility index (Phi) is 4.45. The lowest BCUT2D eigenvalue weighted by molar-refractivity contribution is 0.0528. The van der Waals surface area contributed by atoms with Gasteiger partial charge in [0, 0.05) is 37.6 Å². The average molecular weight is 328 g/mol. The molecule has 0 aromatic carbocycles. The van der Waals surface area contributed by atoms with E-state index in [4.69, 9.17) is 4.74 Å². The quantitative estimate of drug-likeness (QED) is 0.695. The van der Waals surface area contributed by atoms with Gasteiger partial charge in [0.25, 0.3) is 0 Å². The van der Waals surface area contributed by atoms with Crippen molar-refractivity contribution in [3.05, 3.63) is 41.5 Å². The molecular formula is C16H20N6O2. The second-order valence-corrected chi connectivity index (χ2v) is 5.36. The summed E-state index contributed by atoms with van der Waals surface area (Å²) in [5.41, 5.74) is 2.85. The van der Waals surface area contributed by atoms with Gasteiger partial charge in [0.2, 0.25) is 0 Å². The van der Waals surface area contributed by atoms with Gasteiger partial charge in [0.05, 0.1) is 18.5 Å². The van der Waals surface area contributed by atoms with E-state index in [1.54, 1.807) is 17.6 Å². The van der Waals surface area contributed by atoms with Crippen LogP contribution in [0.4, 0.5) is 5.82 Å². The minimum Gasteiger partial charge on any atom is -0.462 e. The summed E-state index contributed by atoms with van der Waals surface area (Å²) in [7, 11) is 1.90. The smallest absolute Gasteiger partial charge is 0.343 e. The third kappa shape index (κ3) is 3.08. The fourth-order valence-electron chi connectivity index (χ4n) is 2.41. The van der Waals surface area contributed by atoms with E-state index in [9.17, 15) is 4.79 Å². The van der Waals surface area contributed by atoms with Crippen molar-refractivity contribution in [1.29, 1.82) is 0 Å². The lowest BCUT2D eigenvalue weighted by Crippen LogP contribution is -2.07. The van der Waals surface area contributed by atoms with Crippen molar-refractivity contribution in [2.75, 3.05) is 11.9 Å². The number of hydrogen-bond donors (Lipinski definition) is 1. The number of carbonyl (C=O) groups excluding carboxylic acids is 1. The second-order valence-electron chi connectivity index (χ2n) is 5.36. The Morgan fingerprint density at radius 3 is 2.88 bits per heavy atom. The zero-order chi connectivity index (χ0) is 17.1. The largest absolute Gasteiger partial charge is 0.462 e. The van der Waals surface area contributed by atoms with Crippen LogP contribution < -0.4 is 5.32 Å². The summed E-state index contributed by atoms with van der Waals surface area (Å²) >= 11 is 0. The molecule has 3 aromatic rings. The highest BCUT2D eigenvalue weighted by atomic mass is 16.5. The maximum atomic E-state index is 11.8. The monoisotopic (exact) mass is 328 g/mol. The molecule has 0 spiro atoms. The third-order valence-electron chi connectivity index (χ3n) is 3.67. The minimum absolute atomic E-state index is 0.322. The molecular weight excluding hydrogens is 308 g/mol. The SMILES string of the molecule is CCOC(=O)c1cnn2cc(CNc3cc(CC)nn3C)cnc12. The van der Waals surface area contributed by atoms with Crippen LogP contribution in [0.25, 0.3) is 5.65 Å². The van der Waals surface area contributed by atoms with Crippen LogP contribution in [0.5, 0.6) is 0 Å². The summed E-state index contributed by atoms with van der Waals surface area (Å²) in [4.78, 5) is 16.2. The summed E-state index contributed by atoms with van der Waals surface area (Å²) in [6, 6.07) is 2.03. The molecule has 0 aliphatic heterocycles. The van der Waals surface area contributed by atoms with Crippen LogP contribution in [0.3, 0.4) is 0 Å². The Balaban J connectivity index is 1.76. The Labute approximate surface area is 139 Å². The number of aromatic nitrogens is 5. The predicted molar refractivity (Wildman–Crippen MR) is 88.9 cm³/mol. The summed E-state index contributed by atoms with van der Waals surface area (Å²) < 4.78 is 8.41. The van der Waals surface area contributed by atoms with E-state index in [1.165, 1.54) is 6.20 Å². The summed E-state index contributed by atoms with van der Waals surface area (Å²) in [6.07, 6.45) is 5.94. The molecule has 3 rings (SSSR count). The number of carbonyl (C=O) groups is 1. The van der Waals surface area contributed by atoms with Crippen molar-refractivity contribution in [3.8, 4) is 0 Å². The Bertz CT molecular complexity index is 867. The molecule has 0 saturated heterocycles. The Morgan fingerprint density at radius 1 is 1.33 bits per heavy atom. The first-order valence-corrected chi connectivity index (χ1v) is 7.88. The highest BCUT2D eigenvalue weighted by Crippen LogP contribution is 2.13. The maximum Gasteiger partial charge on any atom is 0.343 e. The van der Waals surface area contributed by atoms with Crippen LogP contribution in [0.15, 0.2) is 24.7 Å². The van der Waals surface area contributed by atoms with E-state index >= 15 is 0 Å². The first-order valence-electron chi connectivity index (χ1n) is 7.88. The molecule has 0 aliphatic rings. The zero-order valence-electron chi connectivity index (χ0n) is 14.0. The average Bonchev–Trinajstić information content (AvgIpc) is 3.16. The van der Waals surface area contributed by atoms with Crippen LogP contribution in [-0.4, -0.2) is 37.0 Å². The molecule has 0 radical (unpaired) electrons. The predicted octanol–water partition coefficient (Wildman–Crippen LogP) is 1.81. The molecule has 126 valence electrons. The van der Waals surface area contributed by atoms with Gasteiger partial charge in [-0.25, -0.2) is 14.3 Å². The van der Waals surface area contributed by atoms with Crippen LogP contribution in [0.2, 0.25) is 0 Å². The van der Waals surface area contributed by atoms with Crippen molar-refractivity contribution in [3.63, 3.8) is 0 Å². The van der Waals surface area contributed by atoms with Crippen molar-refractivity contribution < 1.29 is 9.53 Å². The van der Waals surface area contributed by atoms with Crippen molar-refractivity contribution in [2.24, 2.45) is 7.05 Å². The number of hydrogen-bond acceptors (Lipinski definition) is 6. The van der Waals surface area contributed by atoms with Crippen molar-refractivity contribution in [2.45, 2.75) is 26.8 Å². The van der Waals surface area contributed by atoms with Crippen molar-refractivity contribution >= 4 is 17.4 Å². The molecule has 0 bridgehead atoms. The molecule has 3 aromatic heterocycles. The number of nitrogens with one attached hydrogen (secondary N) is 1. The standard InChI is InChI=1S/C16H20N6O2/c1-4-12-6-14(21(3)20-12)17-7-11-8-18-15-13(16(23)24-5-2)9-19-22(15)10-11/h6,8-10,17H,4-5,7H2,1-3H3. The molecule has 0 aliphatic carbocycles. The molecule has 3 heterocycles. The number of nitrogens with zero attached hydrogens (tertiary/aromatic N) is 5. The first kappa shape index (κ1) is 16.0. The van der Waals surface area contributed by atoms with Gasteiger partial charge >= 0.3 is 5.97 Å². The Morgan fingerprint density at radius 2 is 2.17 bits per heavy atom. The molecule has 0 fully saturated rings. The summed E-state index contributed by atoms with van der Waals surface area (Å²) in [6.45, 7) is 4.74. The van der Waals surface area contributed by atoms with Gasteiger partial charge in [0.15, 0.2) is 5.65 Å². The number of rotatable bonds is 6. The number of anilines is 1. The van der Waals surface area contributed by atoms with E-state index in [-0.39, 0.29) is 0 Å². The fourth-order valence-corrected chi connectivity index (χ4v) is 2.41. The van der Waals surface area contributed by atoms with E-state index < -0.39 is 5.97 Å². The van der Waals surface area contributed by atoms with Gasteiger partial charge in [-0.15, -0.1) is 0 Å². The Hall–Kier alpha value is -2.90. The first-order chi connectivity index (χ1) is 11.6. The summed E-state index contributed by atoms with van der Waals surface area (Å²) in [5.74, 6) is 0.535. The molecule has 24 heavy (non-hydrogen) atoms. The topological polar surface area (TPSA) is 86.3 Å². The van der Waals surface area contributed by atoms with Gasteiger partial charge in [-0.05, 0) is 13.3 Å². The van der Waals surface area contributed by atoms with Gasteiger partial charge < -0.3 is 10.1 Å². The molecule has 1 N–H and O–H groups in total. The number of aryl methyl sites for hydroxylation is 2. The number of ether oxygens (including phenoxy) is 1. The second kappa shape index (κ2) is 6.69. The van der Waals surface area contributed by atoms with Crippen LogP contribution >= 0.6 is 0 Å². The van der Waals surface area contributed by atoms with E-state index in [0.29, 0.717) is 24.4 Å². The highest BCUT2D eigenvalue weighted by molar-refractivity contribution is 5.95. The molecule has 8 heteroatoms. The van der Waals surface area contributed by atoms with E-state index in [0.717, 1.165) is 23.5 Å². The van der Waals surface area contributed by atoms with Gasteiger partial charge in [0.1, 0.15) is 11.4 Å². The number of fused-ring (bicyclic) bond motifs is 1. The molecule has 0 amide bonds. The van der Waals surface area contributed by atoms with E-state index in [1.807, 2.05) is 24.0 Å². The van der Waals surface area contributed by atoms with Crippen molar-refractivity contribution in [1.82, 2.24) is 24.4 Å². The lowest BCUT2D eigenvalue weighted by atomic mass is 10.3. The van der Waals surface area contributed by atoms with E-state index in [2.05, 4.69) is 27.4 Å². The maximum absolute atomic E-state index is 11.8. The van der Waals surface area contributed by atoms with Gasteiger partial charge in [-0.3, -0.25) is 4.68 Å². The third-order valence-corrected chi connectivity index (χ3v) is 3.67. The normalized spacial score (nSPS) is 11.0. The number of esters is 1. The summed E-state index contributed by atoms with van der Waals surface area (Å²) in [5, 5.41) is 11.9. The highest BCUT2D eigenvalue weighted by Gasteiger charge is 2.15.